The second-order valence-electron chi connectivity index (χ2n) is 7.64. The quantitative estimate of drug-likeness (QED) is 0.550. The van der Waals surface area contributed by atoms with Gasteiger partial charge in [0, 0.05) is 25.7 Å². The van der Waals surface area contributed by atoms with Crippen LogP contribution in [0.1, 0.15) is 23.7 Å². The molecule has 2 aliphatic rings. The SMILES string of the molecule is CCN(CC(=O)N[C@H]1CCS(=O)(=O)C1)C(=O)c1cc(S(=O)(=O)N2CCOCC2)ccc1F. The van der Waals surface area contributed by atoms with Crippen LogP contribution in [0.3, 0.4) is 0 Å². The maximum Gasteiger partial charge on any atom is 0.257 e. The molecule has 10 nitrogen and oxygen atoms in total. The van der Waals surface area contributed by atoms with Gasteiger partial charge in [-0.1, -0.05) is 0 Å². The summed E-state index contributed by atoms with van der Waals surface area (Å²) < 4.78 is 69.6. The van der Waals surface area contributed by atoms with Gasteiger partial charge in [0.05, 0.1) is 41.7 Å². The fourth-order valence-corrected chi connectivity index (χ4v) is 6.73. The van der Waals surface area contributed by atoms with Gasteiger partial charge in [0.2, 0.25) is 15.9 Å². The first-order valence-corrected chi connectivity index (χ1v) is 13.5. The summed E-state index contributed by atoms with van der Waals surface area (Å²) >= 11 is 0. The monoisotopic (exact) mass is 491 g/mol. The van der Waals surface area contributed by atoms with Crippen molar-refractivity contribution in [2.24, 2.45) is 0 Å². The van der Waals surface area contributed by atoms with Crippen LogP contribution >= 0.6 is 0 Å². The van der Waals surface area contributed by atoms with E-state index in [0.29, 0.717) is 6.42 Å². The molecule has 2 amide bonds. The second kappa shape index (κ2) is 9.81. The summed E-state index contributed by atoms with van der Waals surface area (Å²) in [7, 11) is -7.12. The Kier molecular flexibility index (Phi) is 7.53. The Morgan fingerprint density at radius 2 is 1.97 bits per heavy atom. The van der Waals surface area contributed by atoms with Crippen LogP contribution in [0.25, 0.3) is 0 Å². The first-order chi connectivity index (χ1) is 15.0. The molecule has 32 heavy (non-hydrogen) atoms. The second-order valence-corrected chi connectivity index (χ2v) is 11.8. The molecule has 2 fully saturated rings. The summed E-state index contributed by atoms with van der Waals surface area (Å²) in [6.07, 6.45) is 0.296. The van der Waals surface area contributed by atoms with E-state index in [-0.39, 0.29) is 49.2 Å². The number of benzene rings is 1. The Bertz CT molecular complexity index is 1090. The minimum atomic E-state index is -3.94. The molecule has 0 radical (unpaired) electrons. The molecular formula is C19H26FN3O7S2. The average Bonchev–Trinajstić information content (AvgIpc) is 3.10. The number of likely N-dealkylation sites (N-methyl/N-ethyl adjacent to an activating group) is 1. The zero-order valence-corrected chi connectivity index (χ0v) is 19.3. The lowest BCUT2D eigenvalue weighted by Gasteiger charge is -2.26. The molecule has 178 valence electrons. The van der Waals surface area contributed by atoms with Gasteiger partial charge in [-0.05, 0) is 31.5 Å². The van der Waals surface area contributed by atoms with E-state index in [4.69, 9.17) is 4.74 Å². The van der Waals surface area contributed by atoms with Gasteiger partial charge in [0.25, 0.3) is 5.91 Å². The minimum absolute atomic E-state index is 0.00993. The number of carbonyl (C=O) groups is 2. The number of hydrogen-bond acceptors (Lipinski definition) is 7. The Hall–Kier alpha value is -2.09. The highest BCUT2D eigenvalue weighted by Crippen LogP contribution is 2.21. The topological polar surface area (TPSA) is 130 Å². The fourth-order valence-electron chi connectivity index (χ4n) is 3.62. The van der Waals surface area contributed by atoms with Crippen molar-refractivity contribution in [1.29, 1.82) is 0 Å². The highest BCUT2D eigenvalue weighted by Gasteiger charge is 2.31. The number of sulfone groups is 1. The van der Waals surface area contributed by atoms with Crippen molar-refractivity contribution in [2.45, 2.75) is 24.3 Å². The third kappa shape index (κ3) is 5.63. The number of nitrogens with one attached hydrogen (secondary N) is 1. The van der Waals surface area contributed by atoms with Gasteiger partial charge < -0.3 is 15.0 Å². The van der Waals surface area contributed by atoms with Gasteiger partial charge in [-0.2, -0.15) is 4.31 Å². The van der Waals surface area contributed by atoms with Crippen molar-refractivity contribution < 1.29 is 35.6 Å². The van der Waals surface area contributed by atoms with Gasteiger partial charge >= 0.3 is 0 Å². The standard InChI is InChI=1S/C19H26FN3O7S2/c1-2-22(12-18(24)21-14-5-10-31(26,27)13-14)19(25)16-11-15(3-4-17(16)20)32(28,29)23-6-8-30-9-7-23/h3-4,11,14H,2,5-10,12-13H2,1H3,(H,21,24)/t14-/m0/s1. The molecule has 0 bridgehead atoms. The van der Waals surface area contributed by atoms with Crippen molar-refractivity contribution in [2.75, 3.05) is 50.9 Å². The molecule has 0 aromatic heterocycles. The van der Waals surface area contributed by atoms with Crippen molar-refractivity contribution in [3.8, 4) is 0 Å². The lowest BCUT2D eigenvalue weighted by molar-refractivity contribution is -0.122. The number of hydrogen-bond donors (Lipinski definition) is 1. The van der Waals surface area contributed by atoms with Crippen molar-refractivity contribution in [3.05, 3.63) is 29.6 Å². The van der Waals surface area contributed by atoms with E-state index in [2.05, 4.69) is 5.32 Å². The average molecular weight is 492 g/mol. The molecule has 0 spiro atoms. The number of sulfonamides is 1. The fraction of sp³-hybridized carbons (Fsp3) is 0.579. The first kappa shape index (κ1) is 24.6. The van der Waals surface area contributed by atoms with Crippen LogP contribution in [0, 0.1) is 5.82 Å². The van der Waals surface area contributed by atoms with Crippen LogP contribution in [-0.4, -0.2) is 94.8 Å². The molecule has 1 N–H and O–H groups in total. The zero-order chi connectivity index (χ0) is 23.5. The first-order valence-electron chi connectivity index (χ1n) is 10.2. The summed E-state index contributed by atoms with van der Waals surface area (Å²) in [5.41, 5.74) is -0.461. The summed E-state index contributed by atoms with van der Waals surface area (Å²) in [6, 6.07) is 2.46. The summed E-state index contributed by atoms with van der Waals surface area (Å²) in [5.74, 6) is -2.48. The van der Waals surface area contributed by atoms with E-state index >= 15 is 0 Å². The van der Waals surface area contributed by atoms with Crippen molar-refractivity contribution in [3.63, 3.8) is 0 Å². The Labute approximate surface area is 186 Å². The normalized spacial score (nSPS) is 21.2. The Balaban J connectivity index is 1.74. The Morgan fingerprint density at radius 1 is 1.28 bits per heavy atom. The van der Waals surface area contributed by atoms with E-state index < -0.39 is 55.6 Å². The van der Waals surface area contributed by atoms with E-state index in [1.165, 1.54) is 4.31 Å². The maximum atomic E-state index is 14.5. The zero-order valence-electron chi connectivity index (χ0n) is 17.6. The van der Waals surface area contributed by atoms with E-state index in [9.17, 15) is 30.8 Å². The molecule has 1 aromatic carbocycles. The minimum Gasteiger partial charge on any atom is -0.379 e. The molecule has 0 unspecified atom stereocenters. The third-order valence-electron chi connectivity index (χ3n) is 5.38. The summed E-state index contributed by atoms with van der Waals surface area (Å²) in [6.45, 7) is 2.04. The number of halogens is 1. The van der Waals surface area contributed by atoms with Crippen molar-refractivity contribution in [1.82, 2.24) is 14.5 Å². The molecule has 1 aromatic rings. The molecular weight excluding hydrogens is 465 g/mol. The molecule has 0 saturated carbocycles. The molecule has 2 aliphatic heterocycles. The van der Waals surface area contributed by atoms with Gasteiger partial charge in [-0.15, -0.1) is 0 Å². The maximum absolute atomic E-state index is 14.5. The van der Waals surface area contributed by atoms with E-state index in [1.54, 1.807) is 6.92 Å². The molecule has 1 atom stereocenters. The van der Waals surface area contributed by atoms with Gasteiger partial charge in [0.15, 0.2) is 9.84 Å². The third-order valence-corrected chi connectivity index (χ3v) is 9.04. The number of carbonyl (C=O) groups excluding carboxylic acids is 2. The predicted octanol–water partition coefficient (Wildman–Crippen LogP) is -0.388. The van der Waals surface area contributed by atoms with Crippen LogP contribution in [0.2, 0.25) is 0 Å². The van der Waals surface area contributed by atoms with Crippen LogP contribution < -0.4 is 5.32 Å². The molecule has 2 heterocycles. The van der Waals surface area contributed by atoms with Crippen LogP contribution in [0.4, 0.5) is 4.39 Å². The van der Waals surface area contributed by atoms with Crippen molar-refractivity contribution >= 4 is 31.7 Å². The van der Waals surface area contributed by atoms with Gasteiger partial charge in [-0.3, -0.25) is 9.59 Å². The highest BCUT2D eigenvalue weighted by atomic mass is 32.2. The molecule has 13 heteroatoms. The molecule has 0 aliphatic carbocycles. The smallest absolute Gasteiger partial charge is 0.257 e. The number of rotatable bonds is 7. The number of ether oxygens (including phenoxy) is 1. The van der Waals surface area contributed by atoms with Gasteiger partial charge in [0.1, 0.15) is 5.82 Å². The van der Waals surface area contributed by atoms with Crippen LogP contribution in [0.5, 0.6) is 0 Å². The summed E-state index contributed by atoms with van der Waals surface area (Å²) in [5, 5.41) is 2.58. The number of amides is 2. The summed E-state index contributed by atoms with van der Waals surface area (Å²) in [4.78, 5) is 26.1. The lowest BCUT2D eigenvalue weighted by atomic mass is 10.2. The van der Waals surface area contributed by atoms with Gasteiger partial charge in [-0.25, -0.2) is 21.2 Å². The highest BCUT2D eigenvalue weighted by molar-refractivity contribution is 7.91. The lowest BCUT2D eigenvalue weighted by Crippen LogP contribution is -2.44. The van der Waals surface area contributed by atoms with E-state index in [0.717, 1.165) is 23.1 Å². The molecule has 3 rings (SSSR count). The van der Waals surface area contributed by atoms with Crippen LogP contribution in [0.15, 0.2) is 23.1 Å². The van der Waals surface area contributed by atoms with E-state index in [1.807, 2.05) is 0 Å². The number of nitrogens with zero attached hydrogens (tertiary/aromatic N) is 2. The largest absolute Gasteiger partial charge is 0.379 e. The number of morpholine rings is 1. The molecule has 2 saturated heterocycles. The van der Waals surface area contributed by atoms with Crippen LogP contribution in [-0.2, 0) is 29.4 Å². The predicted molar refractivity (Wildman–Crippen MR) is 113 cm³/mol. The Morgan fingerprint density at radius 3 is 2.56 bits per heavy atom.